The molecule has 0 saturated heterocycles. The molecule has 0 aliphatic carbocycles. The summed E-state index contributed by atoms with van der Waals surface area (Å²) in [4.78, 5) is 0. The van der Waals surface area contributed by atoms with E-state index in [1.165, 1.54) is 0 Å². The minimum atomic E-state index is 0.453. The van der Waals surface area contributed by atoms with Crippen molar-refractivity contribution < 1.29 is 4.74 Å². The molecule has 21 heavy (non-hydrogen) atoms. The molecule has 0 amide bonds. The molecule has 0 aliphatic heterocycles. The Bertz CT molecular complexity index is 656. The molecule has 0 saturated carbocycles. The van der Waals surface area contributed by atoms with E-state index in [4.69, 9.17) is 28.6 Å². The van der Waals surface area contributed by atoms with Gasteiger partial charge in [-0.2, -0.15) is 5.10 Å². The summed E-state index contributed by atoms with van der Waals surface area (Å²) < 4.78 is 7.17. The maximum Gasteiger partial charge on any atom is 0.175 e. The molecule has 112 valence electrons. The van der Waals surface area contributed by atoms with Crippen molar-refractivity contribution in [3.05, 3.63) is 35.1 Å². The third kappa shape index (κ3) is 3.65. The maximum atomic E-state index is 5.99. The Morgan fingerprint density at radius 1 is 1.38 bits per heavy atom. The van der Waals surface area contributed by atoms with Gasteiger partial charge in [-0.15, -0.1) is 0 Å². The van der Waals surface area contributed by atoms with Crippen LogP contribution in [-0.4, -0.2) is 22.0 Å². The van der Waals surface area contributed by atoms with Crippen LogP contribution in [-0.2, 0) is 6.54 Å². The number of nitrogens with one attached hydrogen (secondary N) is 2. The molecule has 0 spiro atoms. The lowest BCUT2D eigenvalue weighted by Crippen LogP contribution is -2.19. The first kappa shape index (κ1) is 15.6. The highest BCUT2D eigenvalue weighted by molar-refractivity contribution is 7.80. The Labute approximate surface area is 134 Å². The fourth-order valence-corrected chi connectivity index (χ4v) is 2.33. The summed E-state index contributed by atoms with van der Waals surface area (Å²) in [5.41, 5.74) is 2.61. The van der Waals surface area contributed by atoms with Gasteiger partial charge in [0.05, 0.1) is 30.4 Å². The normalized spacial score (nSPS) is 10.3. The monoisotopic (exact) mass is 324 g/mol. The fourth-order valence-electron chi connectivity index (χ4n) is 1.94. The van der Waals surface area contributed by atoms with Crippen LogP contribution in [0.4, 0.5) is 11.4 Å². The number of anilines is 2. The minimum absolute atomic E-state index is 0.453. The lowest BCUT2D eigenvalue weighted by molar-refractivity contribution is 0.417. The topological polar surface area (TPSA) is 51.1 Å². The SMILES string of the molecule is CCn1ncc(NC(=S)Nc2cc(Cl)ccc2OC)c1C. The molecular formula is C14H17ClN4OS. The Morgan fingerprint density at radius 2 is 2.10 bits per heavy atom. The van der Waals surface area contributed by atoms with E-state index in [0.29, 0.717) is 21.6 Å². The molecule has 0 bridgehead atoms. The smallest absolute Gasteiger partial charge is 0.175 e. The van der Waals surface area contributed by atoms with Gasteiger partial charge in [0.2, 0.25) is 0 Å². The van der Waals surface area contributed by atoms with Crippen molar-refractivity contribution in [3.63, 3.8) is 0 Å². The molecule has 0 fully saturated rings. The predicted octanol–water partition coefficient (Wildman–Crippen LogP) is 3.68. The van der Waals surface area contributed by atoms with Crippen molar-refractivity contribution in [2.75, 3.05) is 17.7 Å². The summed E-state index contributed by atoms with van der Waals surface area (Å²) in [6, 6.07) is 5.31. The van der Waals surface area contributed by atoms with E-state index in [-0.39, 0.29) is 0 Å². The Kier molecular flexibility index (Phi) is 5.03. The Hall–Kier alpha value is -1.79. The lowest BCUT2D eigenvalue weighted by Gasteiger charge is -2.13. The number of thiocarbonyl (C=S) groups is 1. The van der Waals surface area contributed by atoms with Crippen LogP contribution in [0.1, 0.15) is 12.6 Å². The molecule has 0 unspecified atom stereocenters. The number of methoxy groups -OCH3 is 1. The van der Waals surface area contributed by atoms with Crippen molar-refractivity contribution in [2.45, 2.75) is 20.4 Å². The summed E-state index contributed by atoms with van der Waals surface area (Å²) in [5, 5.41) is 11.5. The molecule has 1 heterocycles. The van der Waals surface area contributed by atoms with E-state index in [1.54, 1.807) is 31.5 Å². The maximum absolute atomic E-state index is 5.99. The quantitative estimate of drug-likeness (QED) is 0.840. The first-order valence-electron chi connectivity index (χ1n) is 6.49. The molecular weight excluding hydrogens is 308 g/mol. The molecule has 2 rings (SSSR count). The highest BCUT2D eigenvalue weighted by atomic mass is 35.5. The Morgan fingerprint density at radius 3 is 2.71 bits per heavy atom. The van der Waals surface area contributed by atoms with Crippen molar-refractivity contribution in [3.8, 4) is 5.75 Å². The molecule has 1 aromatic carbocycles. The van der Waals surface area contributed by atoms with Gasteiger partial charge in [-0.3, -0.25) is 4.68 Å². The van der Waals surface area contributed by atoms with Gasteiger partial charge in [0.1, 0.15) is 5.75 Å². The number of rotatable bonds is 4. The van der Waals surface area contributed by atoms with Crippen molar-refractivity contribution >= 4 is 40.3 Å². The predicted molar refractivity (Wildman–Crippen MR) is 90.5 cm³/mol. The van der Waals surface area contributed by atoms with Crippen molar-refractivity contribution in [1.82, 2.24) is 9.78 Å². The number of hydrogen-bond donors (Lipinski definition) is 2. The third-order valence-corrected chi connectivity index (χ3v) is 3.50. The van der Waals surface area contributed by atoms with Gasteiger partial charge < -0.3 is 15.4 Å². The molecule has 1 aromatic heterocycles. The van der Waals surface area contributed by atoms with Gasteiger partial charge in [-0.25, -0.2) is 0 Å². The molecule has 0 aliphatic rings. The average Bonchev–Trinajstić information content (AvgIpc) is 2.79. The number of nitrogens with zero attached hydrogens (tertiary/aromatic N) is 2. The fraction of sp³-hybridized carbons (Fsp3) is 0.286. The van der Waals surface area contributed by atoms with E-state index < -0.39 is 0 Å². The first-order chi connectivity index (χ1) is 10.0. The van der Waals surface area contributed by atoms with Gasteiger partial charge in [0, 0.05) is 11.6 Å². The summed E-state index contributed by atoms with van der Waals surface area (Å²) in [6.07, 6.45) is 1.75. The summed E-state index contributed by atoms with van der Waals surface area (Å²) >= 11 is 11.3. The number of aromatic nitrogens is 2. The number of benzene rings is 1. The second kappa shape index (κ2) is 6.78. The largest absolute Gasteiger partial charge is 0.495 e. The van der Waals surface area contributed by atoms with Gasteiger partial charge in [0.15, 0.2) is 5.11 Å². The van der Waals surface area contributed by atoms with Crippen LogP contribution >= 0.6 is 23.8 Å². The van der Waals surface area contributed by atoms with Crippen LogP contribution in [0.3, 0.4) is 0 Å². The molecule has 5 nitrogen and oxygen atoms in total. The van der Waals surface area contributed by atoms with Crippen molar-refractivity contribution in [1.29, 1.82) is 0 Å². The van der Waals surface area contributed by atoms with Crippen LogP contribution in [0.25, 0.3) is 0 Å². The van der Waals surface area contributed by atoms with E-state index in [9.17, 15) is 0 Å². The summed E-state index contributed by atoms with van der Waals surface area (Å²) in [7, 11) is 1.60. The van der Waals surface area contributed by atoms with Gasteiger partial charge in [-0.05, 0) is 44.3 Å². The molecule has 0 atom stereocenters. The second-order valence-corrected chi connectivity index (χ2v) is 5.23. The molecule has 2 N–H and O–H groups in total. The average molecular weight is 325 g/mol. The molecule has 7 heteroatoms. The van der Waals surface area contributed by atoms with E-state index >= 15 is 0 Å². The number of ether oxygens (including phenoxy) is 1. The van der Waals surface area contributed by atoms with Crippen LogP contribution in [0.2, 0.25) is 5.02 Å². The van der Waals surface area contributed by atoms with Crippen LogP contribution < -0.4 is 15.4 Å². The zero-order valence-electron chi connectivity index (χ0n) is 12.1. The number of aryl methyl sites for hydroxylation is 1. The van der Waals surface area contributed by atoms with E-state index in [2.05, 4.69) is 15.7 Å². The van der Waals surface area contributed by atoms with Crippen LogP contribution in [0.15, 0.2) is 24.4 Å². The number of hydrogen-bond acceptors (Lipinski definition) is 3. The van der Waals surface area contributed by atoms with Crippen LogP contribution in [0, 0.1) is 6.92 Å². The lowest BCUT2D eigenvalue weighted by atomic mass is 10.3. The second-order valence-electron chi connectivity index (χ2n) is 4.38. The highest BCUT2D eigenvalue weighted by Crippen LogP contribution is 2.27. The van der Waals surface area contributed by atoms with Crippen LogP contribution in [0.5, 0.6) is 5.75 Å². The first-order valence-corrected chi connectivity index (χ1v) is 7.27. The zero-order chi connectivity index (χ0) is 15.4. The molecule has 0 radical (unpaired) electrons. The standard InChI is InChI=1S/C14H17ClN4OS/c1-4-19-9(2)12(8-16-19)18-14(21)17-11-7-10(15)5-6-13(11)20-3/h5-8H,4H2,1-3H3,(H2,17,18,21). The van der Waals surface area contributed by atoms with E-state index in [1.807, 2.05) is 18.5 Å². The van der Waals surface area contributed by atoms with Gasteiger partial charge in [0.25, 0.3) is 0 Å². The van der Waals surface area contributed by atoms with Gasteiger partial charge in [-0.1, -0.05) is 11.6 Å². The highest BCUT2D eigenvalue weighted by Gasteiger charge is 2.09. The summed E-state index contributed by atoms with van der Waals surface area (Å²) in [5.74, 6) is 0.671. The number of halogens is 1. The van der Waals surface area contributed by atoms with Gasteiger partial charge >= 0.3 is 0 Å². The Balaban J connectivity index is 2.11. The molecule has 2 aromatic rings. The van der Waals surface area contributed by atoms with Crippen molar-refractivity contribution in [2.24, 2.45) is 0 Å². The summed E-state index contributed by atoms with van der Waals surface area (Å²) in [6.45, 7) is 4.84. The zero-order valence-corrected chi connectivity index (χ0v) is 13.7. The minimum Gasteiger partial charge on any atom is -0.495 e. The van der Waals surface area contributed by atoms with E-state index in [0.717, 1.165) is 17.9 Å². The third-order valence-electron chi connectivity index (χ3n) is 3.06.